The van der Waals surface area contributed by atoms with Crippen molar-refractivity contribution < 1.29 is 34.1 Å². The SMILES string of the molecule is CSc1ncn2cc(C3=C(C(=O)O)N4C(=O)[C@H]([C@@H](C)O)[C@@H]4[C@@]3(C)CCOC(=O)OCCC(C)C)sc12. The second kappa shape index (κ2) is 10.1. The molecule has 0 aliphatic carbocycles. The second-order valence-corrected chi connectivity index (χ2v) is 11.6. The minimum atomic E-state index is -1.22. The van der Waals surface area contributed by atoms with Crippen molar-refractivity contribution in [3.05, 3.63) is 23.1 Å². The molecule has 2 N–H and O–H groups in total. The molecule has 36 heavy (non-hydrogen) atoms. The highest BCUT2D eigenvalue weighted by molar-refractivity contribution is 7.98. The molecular weight excluding hydrogens is 506 g/mol. The molecule has 12 heteroatoms. The smallest absolute Gasteiger partial charge is 0.477 e. The predicted molar refractivity (Wildman–Crippen MR) is 135 cm³/mol. The molecule has 0 spiro atoms. The third-order valence-electron chi connectivity index (χ3n) is 6.94. The third kappa shape index (κ3) is 4.39. The largest absolute Gasteiger partial charge is 0.508 e. The number of carbonyl (C=O) groups excluding carboxylic acids is 2. The van der Waals surface area contributed by atoms with Gasteiger partial charge >= 0.3 is 12.1 Å². The van der Waals surface area contributed by atoms with Gasteiger partial charge in [-0.15, -0.1) is 23.1 Å². The molecule has 1 fully saturated rings. The molecule has 4 atom stereocenters. The zero-order valence-corrected chi connectivity index (χ0v) is 22.5. The lowest BCUT2D eigenvalue weighted by Crippen LogP contribution is -2.66. The number of ether oxygens (including phenoxy) is 2. The van der Waals surface area contributed by atoms with E-state index >= 15 is 0 Å². The lowest BCUT2D eigenvalue weighted by Gasteiger charge is -2.50. The number of thiazole rings is 1. The number of carboxylic acid groups (broad SMARTS) is 1. The number of amides is 1. The molecule has 0 aromatic carbocycles. The van der Waals surface area contributed by atoms with Gasteiger partial charge in [0.1, 0.15) is 21.9 Å². The minimum Gasteiger partial charge on any atom is -0.477 e. The van der Waals surface area contributed by atoms with Gasteiger partial charge in [-0.2, -0.15) is 0 Å². The number of aliphatic hydroxyl groups excluding tert-OH is 1. The Labute approximate surface area is 217 Å². The Morgan fingerprint density at radius 3 is 2.58 bits per heavy atom. The molecule has 0 bridgehead atoms. The zero-order chi connectivity index (χ0) is 26.4. The normalized spacial score (nSPS) is 24.3. The number of imidazole rings is 1. The summed E-state index contributed by atoms with van der Waals surface area (Å²) in [6.45, 7) is 7.68. The van der Waals surface area contributed by atoms with Crippen molar-refractivity contribution in [2.75, 3.05) is 19.5 Å². The Balaban J connectivity index is 1.68. The van der Waals surface area contributed by atoms with Crippen LogP contribution in [0.2, 0.25) is 0 Å². The molecule has 0 unspecified atom stereocenters. The number of hydrogen-bond acceptors (Lipinski definition) is 9. The average Bonchev–Trinajstić information content (AvgIpc) is 3.41. The molecule has 2 aromatic rings. The quantitative estimate of drug-likeness (QED) is 0.264. The number of nitrogens with zero attached hydrogens (tertiary/aromatic N) is 3. The van der Waals surface area contributed by atoms with E-state index in [0.29, 0.717) is 16.4 Å². The van der Waals surface area contributed by atoms with Crippen molar-refractivity contribution >= 4 is 51.5 Å². The fraction of sp³-hybridized carbons (Fsp3) is 0.583. The van der Waals surface area contributed by atoms with E-state index < -0.39 is 41.5 Å². The van der Waals surface area contributed by atoms with Gasteiger partial charge in [0.2, 0.25) is 5.91 Å². The number of rotatable bonds is 10. The summed E-state index contributed by atoms with van der Waals surface area (Å²) in [4.78, 5) is 44.8. The molecule has 2 aromatic heterocycles. The molecule has 2 aliphatic heterocycles. The Kier molecular flexibility index (Phi) is 7.40. The molecule has 0 saturated carbocycles. The highest BCUT2D eigenvalue weighted by Crippen LogP contribution is 2.60. The van der Waals surface area contributed by atoms with Gasteiger partial charge in [-0.05, 0) is 31.9 Å². The maximum Gasteiger partial charge on any atom is 0.508 e. The highest BCUT2D eigenvalue weighted by atomic mass is 32.2. The number of aromatic nitrogens is 2. The molecular formula is C24H31N3O7S2. The molecule has 1 amide bonds. The van der Waals surface area contributed by atoms with Crippen molar-refractivity contribution in [3.63, 3.8) is 0 Å². The summed E-state index contributed by atoms with van der Waals surface area (Å²) in [5.41, 5.74) is -0.488. The van der Waals surface area contributed by atoms with Crippen molar-refractivity contribution in [1.29, 1.82) is 0 Å². The van der Waals surface area contributed by atoms with Crippen LogP contribution in [0.5, 0.6) is 0 Å². The first-order valence-corrected chi connectivity index (χ1v) is 13.8. The van der Waals surface area contributed by atoms with Crippen molar-refractivity contribution in [3.8, 4) is 0 Å². The molecule has 4 heterocycles. The van der Waals surface area contributed by atoms with Gasteiger partial charge in [-0.1, -0.05) is 20.8 Å². The first-order valence-electron chi connectivity index (χ1n) is 11.8. The van der Waals surface area contributed by atoms with Crippen LogP contribution in [0.1, 0.15) is 45.4 Å². The van der Waals surface area contributed by atoms with Crippen molar-refractivity contribution in [1.82, 2.24) is 14.3 Å². The molecule has 1 saturated heterocycles. The Hall–Kier alpha value is -2.57. The second-order valence-electron chi connectivity index (χ2n) is 9.81. The van der Waals surface area contributed by atoms with Crippen LogP contribution in [-0.4, -0.2) is 74.1 Å². The van der Waals surface area contributed by atoms with E-state index in [1.807, 2.05) is 37.6 Å². The van der Waals surface area contributed by atoms with Gasteiger partial charge in [0.05, 0.1) is 36.2 Å². The lowest BCUT2D eigenvalue weighted by molar-refractivity contribution is -0.167. The van der Waals surface area contributed by atoms with Crippen LogP contribution in [0.4, 0.5) is 4.79 Å². The lowest BCUT2D eigenvalue weighted by atomic mass is 9.66. The van der Waals surface area contributed by atoms with Crippen molar-refractivity contribution in [2.45, 2.75) is 57.7 Å². The summed E-state index contributed by atoms with van der Waals surface area (Å²) in [5, 5.41) is 21.4. The monoisotopic (exact) mass is 537 g/mol. The summed E-state index contributed by atoms with van der Waals surface area (Å²) < 4.78 is 12.3. The number of carboxylic acids is 1. The van der Waals surface area contributed by atoms with Crippen LogP contribution in [-0.2, 0) is 19.1 Å². The first kappa shape index (κ1) is 26.5. The summed E-state index contributed by atoms with van der Waals surface area (Å²) in [6.07, 6.45) is 4.63. The maximum atomic E-state index is 13.0. The summed E-state index contributed by atoms with van der Waals surface area (Å²) in [6, 6.07) is -0.578. The molecule has 4 rings (SSSR count). The van der Waals surface area contributed by atoms with Crippen LogP contribution >= 0.6 is 23.1 Å². The van der Waals surface area contributed by atoms with Crippen LogP contribution in [0.25, 0.3) is 10.4 Å². The van der Waals surface area contributed by atoms with Crippen LogP contribution in [0.15, 0.2) is 23.2 Å². The Bertz CT molecular complexity index is 1220. The predicted octanol–water partition coefficient (Wildman–Crippen LogP) is 3.73. The number of carbonyl (C=O) groups is 3. The van der Waals surface area contributed by atoms with E-state index in [2.05, 4.69) is 4.98 Å². The fourth-order valence-electron chi connectivity index (χ4n) is 5.13. The fourth-order valence-corrected chi connectivity index (χ4v) is 7.09. The third-order valence-corrected chi connectivity index (χ3v) is 8.88. The maximum absolute atomic E-state index is 13.0. The summed E-state index contributed by atoms with van der Waals surface area (Å²) in [5.74, 6) is -2.01. The molecule has 2 aliphatic rings. The van der Waals surface area contributed by atoms with E-state index in [1.54, 1.807) is 6.33 Å². The van der Waals surface area contributed by atoms with Crippen LogP contribution in [0, 0.1) is 17.3 Å². The number of hydrogen-bond donors (Lipinski definition) is 2. The summed E-state index contributed by atoms with van der Waals surface area (Å²) in [7, 11) is 0. The standard InChI is InChI=1S/C24H31N3O7S2/c1-12(2)6-8-33-23(32)34-9-7-24(4)16(14-10-26-11-25-19(35-5)21(26)36-14)17(22(30)31)27-18(24)15(13(3)28)20(27)29/h10-13,15,18,28H,6-9H2,1-5H3,(H,30,31)/t13-,15-,18-,24+/m1/s1. The van der Waals surface area contributed by atoms with Crippen LogP contribution in [0.3, 0.4) is 0 Å². The number of aliphatic hydroxyl groups is 1. The van der Waals surface area contributed by atoms with E-state index in [4.69, 9.17) is 9.47 Å². The first-order chi connectivity index (χ1) is 17.0. The van der Waals surface area contributed by atoms with E-state index in [1.165, 1.54) is 34.9 Å². The van der Waals surface area contributed by atoms with Crippen LogP contribution < -0.4 is 0 Å². The van der Waals surface area contributed by atoms with E-state index in [-0.39, 0.29) is 25.3 Å². The van der Waals surface area contributed by atoms with Gasteiger partial charge < -0.3 is 24.6 Å². The van der Waals surface area contributed by atoms with Crippen molar-refractivity contribution in [2.24, 2.45) is 17.3 Å². The molecule has 0 radical (unpaired) electrons. The number of thioether (sulfide) groups is 1. The minimum absolute atomic E-state index is 0.0274. The average molecular weight is 538 g/mol. The number of fused-ring (bicyclic) bond motifs is 2. The highest BCUT2D eigenvalue weighted by Gasteiger charge is 2.66. The van der Waals surface area contributed by atoms with E-state index in [0.717, 1.165) is 16.3 Å². The van der Waals surface area contributed by atoms with Gasteiger partial charge in [0.15, 0.2) is 0 Å². The van der Waals surface area contributed by atoms with Gasteiger partial charge in [-0.3, -0.25) is 9.20 Å². The zero-order valence-electron chi connectivity index (χ0n) is 20.9. The number of β-lactam (4-membered cyclic amide) rings is 1. The van der Waals surface area contributed by atoms with Gasteiger partial charge in [-0.25, -0.2) is 14.6 Å². The van der Waals surface area contributed by atoms with Gasteiger partial charge in [0, 0.05) is 17.2 Å². The molecule has 10 nitrogen and oxygen atoms in total. The van der Waals surface area contributed by atoms with Gasteiger partial charge in [0.25, 0.3) is 0 Å². The van der Waals surface area contributed by atoms with E-state index in [9.17, 15) is 24.6 Å². The Morgan fingerprint density at radius 1 is 1.28 bits per heavy atom. The molecule has 196 valence electrons. The topological polar surface area (TPSA) is 131 Å². The summed E-state index contributed by atoms with van der Waals surface area (Å²) >= 11 is 2.89. The number of aliphatic carboxylic acids is 1. The Morgan fingerprint density at radius 2 is 1.97 bits per heavy atom.